The van der Waals surface area contributed by atoms with Crippen LogP contribution < -0.4 is 5.73 Å². The second kappa shape index (κ2) is 6.91. The van der Waals surface area contributed by atoms with Crippen LogP contribution >= 0.6 is 0 Å². The summed E-state index contributed by atoms with van der Waals surface area (Å²) in [5, 5.41) is 11.9. The first kappa shape index (κ1) is 20.0. The average Bonchev–Trinajstić information content (AvgIpc) is 2.95. The highest BCUT2D eigenvalue weighted by Gasteiger charge is 2.64. The Morgan fingerprint density at radius 3 is 2.63 bits per heavy atom. The third-order valence-electron chi connectivity index (χ3n) is 9.39. The highest BCUT2D eigenvalue weighted by Crippen LogP contribution is 2.66. The minimum absolute atomic E-state index is 0.0859. The average molecular weight is 396 g/mol. The van der Waals surface area contributed by atoms with Crippen molar-refractivity contribution in [3.63, 3.8) is 0 Å². The lowest BCUT2D eigenvalue weighted by atomic mass is 9.44. The largest absolute Gasteiger partial charge is 0.389 e. The van der Waals surface area contributed by atoms with E-state index in [0.29, 0.717) is 42.3 Å². The third kappa shape index (κ3) is 2.90. The van der Waals surface area contributed by atoms with Gasteiger partial charge >= 0.3 is 0 Å². The molecule has 0 radical (unpaired) electrons. The number of carbonyl (C=O) groups excluding carboxylic acids is 1. The summed E-state index contributed by atoms with van der Waals surface area (Å²) < 4.78 is 12.7. The maximum absolute atomic E-state index is 12.7. The maximum atomic E-state index is 12.7. The second-order valence-electron chi connectivity index (χ2n) is 10.4. The molecule has 4 rings (SSSR count). The van der Waals surface area contributed by atoms with Crippen LogP contribution in [0, 0.1) is 28.6 Å². The van der Waals surface area contributed by atoms with Crippen LogP contribution in [-0.2, 0) is 15.6 Å². The van der Waals surface area contributed by atoms with Crippen LogP contribution in [0.4, 0.5) is 0 Å². The first-order valence-corrected chi connectivity index (χ1v) is 12.5. The van der Waals surface area contributed by atoms with Crippen molar-refractivity contribution < 1.29 is 14.1 Å². The third-order valence-corrected chi connectivity index (χ3v) is 11.2. The molecular weight excluding hydrogens is 358 g/mol. The number of rotatable bonds is 4. The molecule has 4 saturated carbocycles. The Hall–Kier alpha value is -0.260. The van der Waals surface area contributed by atoms with E-state index in [1.807, 2.05) is 0 Å². The van der Waals surface area contributed by atoms with Gasteiger partial charge in [-0.15, -0.1) is 0 Å². The summed E-state index contributed by atoms with van der Waals surface area (Å²) in [7, 11) is -0.876. The number of nitrogens with two attached hydrogens (primary N) is 1. The lowest BCUT2D eigenvalue weighted by Gasteiger charge is -2.63. The Labute approximate surface area is 166 Å². The first-order chi connectivity index (χ1) is 12.7. The number of aliphatic hydroxyl groups is 1. The van der Waals surface area contributed by atoms with Crippen molar-refractivity contribution in [2.24, 2.45) is 34.3 Å². The zero-order valence-electron chi connectivity index (χ0n) is 17.0. The summed E-state index contributed by atoms with van der Waals surface area (Å²) in [5.74, 6) is 2.76. The van der Waals surface area contributed by atoms with Crippen molar-refractivity contribution >= 4 is 16.6 Å². The fraction of sp³-hybridized carbons (Fsp3) is 0.955. The van der Waals surface area contributed by atoms with Gasteiger partial charge < -0.3 is 10.8 Å². The molecule has 0 bridgehead atoms. The van der Waals surface area contributed by atoms with Crippen molar-refractivity contribution in [1.29, 1.82) is 0 Å². The van der Waals surface area contributed by atoms with Gasteiger partial charge in [-0.3, -0.25) is 9.00 Å². The zero-order chi connectivity index (χ0) is 19.4. The highest BCUT2D eigenvalue weighted by atomic mass is 32.2. The fourth-order valence-corrected chi connectivity index (χ4v) is 9.22. The molecule has 0 spiro atoms. The molecule has 3 N–H and O–H groups in total. The predicted octanol–water partition coefficient (Wildman–Crippen LogP) is 3.18. The number of carbonyl (C=O) groups is 1. The van der Waals surface area contributed by atoms with Gasteiger partial charge in [0.1, 0.15) is 5.78 Å². The molecule has 0 aliphatic heterocycles. The number of ketones is 1. The van der Waals surface area contributed by atoms with E-state index in [1.54, 1.807) is 0 Å². The van der Waals surface area contributed by atoms with Crippen molar-refractivity contribution in [1.82, 2.24) is 0 Å². The van der Waals surface area contributed by atoms with Gasteiger partial charge in [-0.25, -0.2) is 0 Å². The van der Waals surface area contributed by atoms with Crippen molar-refractivity contribution in [2.75, 3.05) is 12.3 Å². The molecule has 4 fully saturated rings. The summed E-state index contributed by atoms with van der Waals surface area (Å²) in [5.41, 5.74) is 4.71. The van der Waals surface area contributed by atoms with E-state index in [2.05, 4.69) is 13.8 Å². The van der Waals surface area contributed by atoms with Crippen LogP contribution in [0.25, 0.3) is 0 Å². The van der Waals surface area contributed by atoms with Gasteiger partial charge in [0.05, 0.1) is 5.60 Å². The van der Waals surface area contributed by atoms with Crippen molar-refractivity contribution in [3.05, 3.63) is 0 Å². The van der Waals surface area contributed by atoms with Gasteiger partial charge in [-0.1, -0.05) is 13.8 Å². The van der Waals surface area contributed by atoms with Gasteiger partial charge in [0.2, 0.25) is 0 Å². The summed E-state index contributed by atoms with van der Waals surface area (Å²) in [6, 6.07) is 0. The predicted molar refractivity (Wildman–Crippen MR) is 109 cm³/mol. The molecule has 154 valence electrons. The molecule has 8 atom stereocenters. The summed E-state index contributed by atoms with van der Waals surface area (Å²) in [6.45, 7) is 5.11. The minimum Gasteiger partial charge on any atom is -0.389 e. The van der Waals surface area contributed by atoms with Crippen LogP contribution in [0.2, 0.25) is 0 Å². The van der Waals surface area contributed by atoms with E-state index in [9.17, 15) is 14.1 Å². The number of hydrogen-bond acceptors (Lipinski definition) is 4. The van der Waals surface area contributed by atoms with Gasteiger partial charge in [-0.2, -0.15) is 0 Å². The molecule has 0 amide bonds. The molecule has 4 aliphatic carbocycles. The lowest BCUT2D eigenvalue weighted by Crippen LogP contribution is -2.63. The smallest absolute Gasteiger partial charge is 0.139 e. The molecule has 0 aromatic heterocycles. The Kier molecular flexibility index (Phi) is 5.13. The summed E-state index contributed by atoms with van der Waals surface area (Å²) in [4.78, 5) is 12.5. The monoisotopic (exact) mass is 395 g/mol. The standard InChI is InChI=1S/C22H37NO3S/c1-20-9-8-18-16(17(20)4-5-19(20)24)7-11-22(25)14-15(6-10-21(18,22)2)27(26)13-3-12-23/h15-18,25H,3-14,23H2,1-2H3/t15-,16-,17-,18-,20-,21+,22+,27?/m0/s1. The molecule has 4 aliphatic rings. The Bertz CT molecular complexity index is 639. The Morgan fingerprint density at radius 2 is 1.89 bits per heavy atom. The Morgan fingerprint density at radius 1 is 1.11 bits per heavy atom. The number of fused-ring (bicyclic) bond motifs is 5. The number of hydrogen-bond donors (Lipinski definition) is 2. The Balaban J connectivity index is 1.55. The van der Waals surface area contributed by atoms with E-state index in [4.69, 9.17) is 5.73 Å². The van der Waals surface area contributed by atoms with E-state index >= 15 is 0 Å². The van der Waals surface area contributed by atoms with Gasteiger partial charge in [-0.05, 0) is 87.5 Å². The first-order valence-electron chi connectivity index (χ1n) is 11.1. The zero-order valence-corrected chi connectivity index (χ0v) is 17.9. The lowest BCUT2D eigenvalue weighted by molar-refractivity contribution is -0.201. The van der Waals surface area contributed by atoms with Gasteiger partial charge in [0.25, 0.3) is 0 Å². The quantitative estimate of drug-likeness (QED) is 0.766. The maximum Gasteiger partial charge on any atom is 0.139 e. The van der Waals surface area contributed by atoms with Crippen molar-refractivity contribution in [3.8, 4) is 0 Å². The molecule has 0 heterocycles. The van der Waals surface area contributed by atoms with Crippen LogP contribution in [0.3, 0.4) is 0 Å². The summed E-state index contributed by atoms with van der Waals surface area (Å²) in [6.07, 6.45) is 9.15. The molecule has 5 heteroatoms. The fourth-order valence-electron chi connectivity index (χ4n) is 7.60. The molecule has 27 heavy (non-hydrogen) atoms. The van der Waals surface area contributed by atoms with Gasteiger partial charge in [0.15, 0.2) is 0 Å². The minimum atomic E-state index is -0.876. The van der Waals surface area contributed by atoms with Gasteiger partial charge in [0, 0.05) is 33.6 Å². The second-order valence-corrected chi connectivity index (χ2v) is 12.2. The van der Waals surface area contributed by atoms with E-state index < -0.39 is 16.4 Å². The van der Waals surface area contributed by atoms with Crippen LogP contribution in [0.5, 0.6) is 0 Å². The molecule has 4 nitrogen and oxygen atoms in total. The van der Waals surface area contributed by atoms with Crippen molar-refractivity contribution in [2.45, 2.75) is 88.9 Å². The molecular formula is C22H37NO3S. The molecule has 0 aromatic carbocycles. The van der Waals surface area contributed by atoms with E-state index in [0.717, 1.165) is 57.8 Å². The van der Waals surface area contributed by atoms with E-state index in [1.165, 1.54) is 0 Å². The van der Waals surface area contributed by atoms with Crippen LogP contribution in [-0.4, -0.2) is 38.2 Å². The topological polar surface area (TPSA) is 80.4 Å². The molecule has 0 aromatic rings. The summed E-state index contributed by atoms with van der Waals surface area (Å²) >= 11 is 0. The molecule has 1 unspecified atom stereocenters. The van der Waals surface area contributed by atoms with Crippen LogP contribution in [0.1, 0.15) is 78.1 Å². The SMILES string of the molecule is C[C@]12CC[C@H]3[C@@H](CC[C@@]4(O)C[C@@H](S(=O)CCCN)CC[C@]34C)[C@@H]1CCC2=O. The normalized spacial score (nSPS) is 50.6. The van der Waals surface area contributed by atoms with E-state index in [-0.39, 0.29) is 16.1 Å². The van der Waals surface area contributed by atoms with Crippen LogP contribution in [0.15, 0.2) is 0 Å². The molecule has 0 saturated heterocycles. The highest BCUT2D eigenvalue weighted by molar-refractivity contribution is 7.85. The number of Topliss-reactive ketones (excluding diaryl/α,β-unsaturated/α-hetero) is 1.